The van der Waals surface area contributed by atoms with Gasteiger partial charge in [0.05, 0.1) is 30.9 Å². The molecule has 0 aliphatic rings. The van der Waals surface area contributed by atoms with Gasteiger partial charge in [-0.3, -0.25) is 0 Å². The van der Waals surface area contributed by atoms with Gasteiger partial charge < -0.3 is 19.3 Å². The van der Waals surface area contributed by atoms with Crippen LogP contribution in [0.25, 0.3) is 0 Å². The minimum absolute atomic E-state index is 0.00228. The molecule has 6 nitrogen and oxygen atoms in total. The Morgan fingerprint density at radius 2 is 1.35 bits per heavy atom. The van der Waals surface area contributed by atoms with Crippen LogP contribution in [0.15, 0.2) is 60.7 Å². The molecule has 0 aromatic heterocycles. The van der Waals surface area contributed by atoms with Gasteiger partial charge in [-0.25, -0.2) is 9.59 Å². The number of carbonyl (C=O) groups excluding carboxylic acids is 2. The predicted octanol–water partition coefficient (Wildman–Crippen LogP) is 2.47. The Morgan fingerprint density at radius 1 is 0.846 bits per heavy atom. The maximum absolute atomic E-state index is 12.0. The molecule has 0 fully saturated rings. The molecule has 0 radical (unpaired) electrons. The van der Waals surface area contributed by atoms with Gasteiger partial charge in [-0.15, -0.1) is 0 Å². The van der Waals surface area contributed by atoms with Crippen molar-refractivity contribution in [3.05, 3.63) is 71.8 Å². The van der Waals surface area contributed by atoms with E-state index in [0.29, 0.717) is 11.1 Å². The van der Waals surface area contributed by atoms with Crippen LogP contribution in [-0.4, -0.2) is 49.1 Å². The van der Waals surface area contributed by atoms with E-state index < -0.39 is 24.1 Å². The fourth-order valence-corrected chi connectivity index (χ4v) is 2.14. The topological polar surface area (TPSA) is 82.1 Å². The number of hydrogen-bond acceptors (Lipinski definition) is 6. The van der Waals surface area contributed by atoms with E-state index in [1.165, 1.54) is 0 Å². The molecule has 0 heterocycles. The fraction of sp³-hybridized carbons (Fsp3) is 0.300. The van der Waals surface area contributed by atoms with Gasteiger partial charge in [0.15, 0.2) is 0 Å². The quantitative estimate of drug-likeness (QED) is 0.694. The molecule has 0 amide bonds. The first-order valence-corrected chi connectivity index (χ1v) is 8.30. The third-order valence-electron chi connectivity index (χ3n) is 3.46. The first-order valence-electron chi connectivity index (χ1n) is 8.30. The van der Waals surface area contributed by atoms with Crippen molar-refractivity contribution in [2.24, 2.45) is 0 Å². The van der Waals surface area contributed by atoms with Crippen molar-refractivity contribution < 1.29 is 28.9 Å². The lowest BCUT2D eigenvalue weighted by Crippen LogP contribution is -2.29. The summed E-state index contributed by atoms with van der Waals surface area (Å²) in [5, 5.41) is 9.34. The Hall–Kier alpha value is -2.70. The van der Waals surface area contributed by atoms with Crippen molar-refractivity contribution in [2.75, 3.05) is 19.8 Å². The van der Waals surface area contributed by atoms with Gasteiger partial charge in [-0.1, -0.05) is 36.4 Å². The Balaban J connectivity index is 1.73. The number of rotatable bonds is 9. The van der Waals surface area contributed by atoms with E-state index in [0.717, 1.165) is 0 Å². The second kappa shape index (κ2) is 10.3. The summed E-state index contributed by atoms with van der Waals surface area (Å²) in [7, 11) is 0. The second-order valence-corrected chi connectivity index (χ2v) is 5.70. The van der Waals surface area contributed by atoms with E-state index in [-0.39, 0.29) is 19.8 Å². The number of aliphatic hydroxyl groups excluding tert-OH is 1. The van der Waals surface area contributed by atoms with E-state index in [9.17, 15) is 14.7 Å². The zero-order valence-corrected chi connectivity index (χ0v) is 14.5. The normalized spacial score (nSPS) is 12.8. The molecule has 138 valence electrons. The molecule has 0 spiro atoms. The summed E-state index contributed by atoms with van der Waals surface area (Å²) in [5.74, 6) is -0.965. The van der Waals surface area contributed by atoms with E-state index >= 15 is 0 Å². The van der Waals surface area contributed by atoms with E-state index in [1.807, 2.05) is 6.07 Å². The molecule has 0 saturated carbocycles. The third-order valence-corrected chi connectivity index (χ3v) is 3.46. The Bertz CT molecular complexity index is 686. The smallest absolute Gasteiger partial charge is 0.338 e. The molecule has 2 atom stereocenters. The van der Waals surface area contributed by atoms with Crippen molar-refractivity contribution in [3.8, 4) is 0 Å². The SMILES string of the molecule is CC(COCC(CO)OC(=O)c1ccccc1)OC(=O)c1ccccc1. The van der Waals surface area contributed by atoms with Crippen LogP contribution in [0, 0.1) is 0 Å². The molecular formula is C20H22O6. The fourth-order valence-electron chi connectivity index (χ4n) is 2.14. The minimum atomic E-state index is -0.792. The lowest BCUT2D eigenvalue weighted by Gasteiger charge is -2.18. The Labute approximate surface area is 152 Å². The molecule has 2 aromatic carbocycles. The molecule has 0 saturated heterocycles. The van der Waals surface area contributed by atoms with E-state index in [4.69, 9.17) is 14.2 Å². The lowest BCUT2D eigenvalue weighted by atomic mass is 10.2. The third kappa shape index (κ3) is 6.31. The van der Waals surface area contributed by atoms with Gasteiger partial charge in [0.1, 0.15) is 12.2 Å². The van der Waals surface area contributed by atoms with Gasteiger partial charge in [0, 0.05) is 0 Å². The summed E-state index contributed by atoms with van der Waals surface area (Å²) in [4.78, 5) is 23.9. The minimum Gasteiger partial charge on any atom is -0.457 e. The van der Waals surface area contributed by atoms with Crippen LogP contribution in [0.2, 0.25) is 0 Å². The first kappa shape index (κ1) is 19.6. The van der Waals surface area contributed by atoms with Crippen molar-refractivity contribution in [2.45, 2.75) is 19.1 Å². The van der Waals surface area contributed by atoms with Crippen molar-refractivity contribution >= 4 is 11.9 Å². The highest BCUT2D eigenvalue weighted by molar-refractivity contribution is 5.89. The molecule has 2 aromatic rings. The van der Waals surface area contributed by atoms with Crippen molar-refractivity contribution in [1.82, 2.24) is 0 Å². The number of esters is 2. The highest BCUT2D eigenvalue weighted by Gasteiger charge is 2.17. The Morgan fingerprint density at radius 3 is 1.85 bits per heavy atom. The molecule has 1 N–H and O–H groups in total. The van der Waals surface area contributed by atoms with Crippen LogP contribution < -0.4 is 0 Å². The number of hydrogen-bond donors (Lipinski definition) is 1. The highest BCUT2D eigenvalue weighted by atomic mass is 16.6. The molecule has 2 rings (SSSR count). The average Bonchev–Trinajstić information content (AvgIpc) is 2.68. The van der Waals surface area contributed by atoms with Gasteiger partial charge >= 0.3 is 11.9 Å². The lowest BCUT2D eigenvalue weighted by molar-refractivity contribution is -0.0435. The monoisotopic (exact) mass is 358 g/mol. The summed E-state index contributed by atoms with van der Waals surface area (Å²) in [6.07, 6.45) is -1.27. The predicted molar refractivity (Wildman–Crippen MR) is 94.9 cm³/mol. The summed E-state index contributed by atoms with van der Waals surface area (Å²) >= 11 is 0. The average molecular weight is 358 g/mol. The maximum Gasteiger partial charge on any atom is 0.338 e. The number of benzene rings is 2. The van der Waals surface area contributed by atoms with Gasteiger partial charge in [-0.2, -0.15) is 0 Å². The van der Waals surface area contributed by atoms with Gasteiger partial charge in [0.2, 0.25) is 0 Å². The van der Waals surface area contributed by atoms with Gasteiger partial charge in [0.25, 0.3) is 0 Å². The molecule has 2 unspecified atom stereocenters. The molecule has 0 bridgehead atoms. The second-order valence-electron chi connectivity index (χ2n) is 5.70. The van der Waals surface area contributed by atoms with Crippen LogP contribution in [-0.2, 0) is 14.2 Å². The molecule has 0 aliphatic heterocycles. The number of ether oxygens (including phenoxy) is 3. The summed E-state index contributed by atoms with van der Waals surface area (Å²) in [5.41, 5.74) is 0.862. The van der Waals surface area contributed by atoms with E-state index in [2.05, 4.69) is 0 Å². The largest absolute Gasteiger partial charge is 0.457 e. The standard InChI is InChI=1S/C20H22O6/c1-15(25-19(22)16-8-4-2-5-9-16)13-24-14-18(12-21)26-20(23)17-10-6-3-7-11-17/h2-11,15,18,21H,12-14H2,1H3. The van der Waals surface area contributed by atoms with Crippen LogP contribution >= 0.6 is 0 Å². The summed E-state index contributed by atoms with van der Waals surface area (Å²) in [6, 6.07) is 17.2. The van der Waals surface area contributed by atoms with E-state index in [1.54, 1.807) is 61.5 Å². The van der Waals surface area contributed by atoms with Crippen molar-refractivity contribution in [1.29, 1.82) is 0 Å². The molecule has 0 aliphatic carbocycles. The zero-order chi connectivity index (χ0) is 18.8. The summed E-state index contributed by atoms with van der Waals surface area (Å²) in [6.45, 7) is 1.46. The first-order chi connectivity index (χ1) is 12.6. The molecular weight excluding hydrogens is 336 g/mol. The van der Waals surface area contributed by atoms with Crippen LogP contribution in [0.3, 0.4) is 0 Å². The van der Waals surface area contributed by atoms with Gasteiger partial charge in [-0.05, 0) is 31.2 Å². The Kier molecular flexibility index (Phi) is 7.79. The maximum atomic E-state index is 12.0. The van der Waals surface area contributed by atoms with Crippen LogP contribution in [0.5, 0.6) is 0 Å². The number of aliphatic hydroxyl groups is 1. The van der Waals surface area contributed by atoms with Crippen LogP contribution in [0.4, 0.5) is 0 Å². The summed E-state index contributed by atoms with van der Waals surface area (Å²) < 4.78 is 15.9. The molecule has 26 heavy (non-hydrogen) atoms. The van der Waals surface area contributed by atoms with Crippen molar-refractivity contribution in [3.63, 3.8) is 0 Å². The molecule has 6 heteroatoms. The highest BCUT2D eigenvalue weighted by Crippen LogP contribution is 2.06. The van der Waals surface area contributed by atoms with Crippen LogP contribution in [0.1, 0.15) is 27.6 Å². The zero-order valence-electron chi connectivity index (χ0n) is 14.5. The number of carbonyl (C=O) groups is 2.